The molecule has 0 saturated carbocycles. The quantitative estimate of drug-likeness (QED) is 0.579. The molecule has 0 amide bonds. The fraction of sp³-hybridized carbons (Fsp3) is 0.438. The van der Waals surface area contributed by atoms with E-state index in [0.29, 0.717) is 13.3 Å². The molecular formula is C16H22BrNO2Si. The van der Waals surface area contributed by atoms with Crippen LogP contribution in [0.25, 0.3) is 10.9 Å². The van der Waals surface area contributed by atoms with Gasteiger partial charge in [0.25, 0.3) is 5.56 Å². The van der Waals surface area contributed by atoms with E-state index < -0.39 is 8.07 Å². The third kappa shape index (κ3) is 4.28. The summed E-state index contributed by atoms with van der Waals surface area (Å²) < 4.78 is 8.49. The summed E-state index contributed by atoms with van der Waals surface area (Å²) in [5.74, 6) is 0. The molecule has 0 radical (unpaired) electrons. The Kier molecular flexibility index (Phi) is 5.06. The van der Waals surface area contributed by atoms with Crippen molar-refractivity contribution in [2.24, 2.45) is 0 Å². The number of pyridine rings is 1. The normalized spacial score (nSPS) is 12.0. The Morgan fingerprint density at radius 3 is 2.62 bits per heavy atom. The van der Waals surface area contributed by atoms with Gasteiger partial charge in [0, 0.05) is 24.7 Å². The Balaban J connectivity index is 2.26. The molecule has 0 saturated heterocycles. The highest BCUT2D eigenvalue weighted by Crippen LogP contribution is 2.19. The maximum atomic E-state index is 12.3. The predicted molar refractivity (Wildman–Crippen MR) is 94.8 cm³/mol. The molecule has 2 aromatic rings. The number of hydrogen-bond acceptors (Lipinski definition) is 2. The lowest BCUT2D eigenvalue weighted by Crippen LogP contribution is -2.26. The zero-order valence-corrected chi connectivity index (χ0v) is 15.7. The number of ether oxygens (including phenoxy) is 1. The van der Waals surface area contributed by atoms with Crippen molar-refractivity contribution in [3.63, 3.8) is 0 Å². The molecule has 2 rings (SSSR count). The second-order valence-electron chi connectivity index (χ2n) is 6.61. The van der Waals surface area contributed by atoms with Crippen molar-refractivity contribution in [2.75, 3.05) is 6.61 Å². The van der Waals surface area contributed by atoms with Gasteiger partial charge in [-0.1, -0.05) is 35.6 Å². The van der Waals surface area contributed by atoms with Gasteiger partial charge in [-0.05, 0) is 42.6 Å². The molecule has 0 fully saturated rings. The molecule has 5 heteroatoms. The highest BCUT2D eigenvalue weighted by Gasteiger charge is 2.13. The molecule has 1 heterocycles. The fourth-order valence-electron chi connectivity index (χ4n) is 2.17. The molecular weight excluding hydrogens is 346 g/mol. The zero-order valence-electron chi connectivity index (χ0n) is 13.1. The molecule has 1 aromatic carbocycles. The monoisotopic (exact) mass is 367 g/mol. The minimum atomic E-state index is -1.10. The van der Waals surface area contributed by atoms with Gasteiger partial charge in [0.05, 0.1) is 5.52 Å². The van der Waals surface area contributed by atoms with Gasteiger partial charge >= 0.3 is 0 Å². The van der Waals surface area contributed by atoms with E-state index in [9.17, 15) is 4.79 Å². The number of fused-ring (bicyclic) bond motifs is 1. The van der Waals surface area contributed by atoms with E-state index in [1.165, 1.54) is 0 Å². The lowest BCUT2D eigenvalue weighted by Gasteiger charge is -2.17. The molecule has 0 spiro atoms. The summed E-state index contributed by atoms with van der Waals surface area (Å²) in [5, 5.41) is 1.05. The number of nitrogens with zero attached hydrogens (tertiary/aromatic N) is 1. The standard InChI is InChI=1S/C16H22BrNO2Si/c1-12-9-13-10-14(17)5-6-15(13)18(16(12)19)11-20-7-8-21(2,3)4/h5-6,9-10H,7-8,11H2,1-4H3. The summed E-state index contributed by atoms with van der Waals surface area (Å²) in [5.41, 5.74) is 1.69. The average Bonchev–Trinajstić information content (AvgIpc) is 2.37. The molecule has 1 aromatic heterocycles. The zero-order chi connectivity index (χ0) is 15.6. The van der Waals surface area contributed by atoms with E-state index in [2.05, 4.69) is 35.6 Å². The van der Waals surface area contributed by atoms with Crippen molar-refractivity contribution in [3.05, 3.63) is 44.7 Å². The highest BCUT2D eigenvalue weighted by atomic mass is 79.9. The maximum Gasteiger partial charge on any atom is 0.255 e. The summed E-state index contributed by atoms with van der Waals surface area (Å²) >= 11 is 3.47. The van der Waals surface area contributed by atoms with Gasteiger partial charge in [-0.15, -0.1) is 0 Å². The second-order valence-corrected chi connectivity index (χ2v) is 13.1. The van der Waals surface area contributed by atoms with Crippen LogP contribution in [0, 0.1) is 6.92 Å². The molecule has 0 unspecified atom stereocenters. The van der Waals surface area contributed by atoms with Gasteiger partial charge in [-0.2, -0.15) is 0 Å². The lowest BCUT2D eigenvalue weighted by atomic mass is 10.1. The van der Waals surface area contributed by atoms with Crippen molar-refractivity contribution in [3.8, 4) is 0 Å². The number of halogens is 1. The molecule has 0 aliphatic carbocycles. The molecule has 114 valence electrons. The first-order valence-electron chi connectivity index (χ1n) is 7.15. The Hall–Kier alpha value is -0.913. The molecule has 0 bridgehead atoms. The van der Waals surface area contributed by atoms with Crippen LogP contribution >= 0.6 is 15.9 Å². The summed E-state index contributed by atoms with van der Waals surface area (Å²) in [6.07, 6.45) is 0. The van der Waals surface area contributed by atoms with Crippen LogP contribution in [0.5, 0.6) is 0 Å². The van der Waals surface area contributed by atoms with E-state index in [1.807, 2.05) is 31.2 Å². The van der Waals surface area contributed by atoms with Crippen molar-refractivity contribution < 1.29 is 4.74 Å². The van der Waals surface area contributed by atoms with Crippen LogP contribution in [0.1, 0.15) is 5.56 Å². The van der Waals surface area contributed by atoms with Crippen molar-refractivity contribution >= 4 is 34.9 Å². The van der Waals surface area contributed by atoms with Gasteiger partial charge < -0.3 is 4.74 Å². The Morgan fingerprint density at radius 2 is 1.95 bits per heavy atom. The largest absolute Gasteiger partial charge is 0.361 e. The fourth-order valence-corrected chi connectivity index (χ4v) is 3.30. The highest BCUT2D eigenvalue weighted by molar-refractivity contribution is 9.10. The third-order valence-corrected chi connectivity index (χ3v) is 5.65. The van der Waals surface area contributed by atoms with Gasteiger partial charge in [-0.3, -0.25) is 9.36 Å². The first kappa shape index (κ1) is 16.5. The number of hydrogen-bond donors (Lipinski definition) is 0. The smallest absolute Gasteiger partial charge is 0.255 e. The SMILES string of the molecule is Cc1cc2cc(Br)ccc2n(COCC[Si](C)(C)C)c1=O. The van der Waals surface area contributed by atoms with E-state index in [-0.39, 0.29) is 5.56 Å². The van der Waals surface area contributed by atoms with E-state index in [4.69, 9.17) is 4.74 Å². The van der Waals surface area contributed by atoms with Crippen LogP contribution in [0.4, 0.5) is 0 Å². The Morgan fingerprint density at radius 1 is 1.24 bits per heavy atom. The minimum absolute atomic E-state index is 0.0258. The molecule has 0 N–H and O–H groups in total. The summed E-state index contributed by atoms with van der Waals surface area (Å²) in [7, 11) is -1.10. The first-order chi connectivity index (χ1) is 9.78. The average molecular weight is 368 g/mol. The van der Waals surface area contributed by atoms with Crippen LogP contribution < -0.4 is 5.56 Å². The molecule has 0 aliphatic rings. The van der Waals surface area contributed by atoms with Crippen LogP contribution in [0.2, 0.25) is 25.7 Å². The van der Waals surface area contributed by atoms with Crippen molar-refractivity contribution in [2.45, 2.75) is 39.3 Å². The third-order valence-electron chi connectivity index (χ3n) is 3.45. The Bertz CT molecular complexity index is 704. The topological polar surface area (TPSA) is 31.2 Å². The van der Waals surface area contributed by atoms with Crippen LogP contribution in [-0.2, 0) is 11.5 Å². The number of benzene rings is 1. The molecule has 0 aliphatic heterocycles. The number of aryl methyl sites for hydroxylation is 1. The van der Waals surface area contributed by atoms with E-state index >= 15 is 0 Å². The number of rotatable bonds is 5. The first-order valence-corrected chi connectivity index (χ1v) is 11.7. The van der Waals surface area contributed by atoms with Crippen LogP contribution in [-0.4, -0.2) is 19.2 Å². The van der Waals surface area contributed by atoms with Gasteiger partial charge in [-0.25, -0.2) is 0 Å². The van der Waals surface area contributed by atoms with Crippen molar-refractivity contribution in [1.29, 1.82) is 0 Å². The Labute approximate surface area is 135 Å². The lowest BCUT2D eigenvalue weighted by molar-refractivity contribution is 0.0877. The predicted octanol–water partition coefficient (Wildman–Crippen LogP) is 4.38. The second kappa shape index (κ2) is 6.46. The minimum Gasteiger partial charge on any atom is -0.361 e. The van der Waals surface area contributed by atoms with E-state index in [0.717, 1.165) is 27.0 Å². The maximum absolute atomic E-state index is 12.3. The summed E-state index contributed by atoms with van der Waals surface area (Å²) in [6.45, 7) is 9.85. The molecule has 21 heavy (non-hydrogen) atoms. The van der Waals surface area contributed by atoms with Crippen LogP contribution in [0.15, 0.2) is 33.5 Å². The number of aromatic nitrogens is 1. The van der Waals surface area contributed by atoms with Crippen LogP contribution in [0.3, 0.4) is 0 Å². The van der Waals surface area contributed by atoms with Gasteiger partial charge in [0.2, 0.25) is 0 Å². The summed E-state index contributed by atoms with van der Waals surface area (Å²) in [6, 6.07) is 8.98. The van der Waals surface area contributed by atoms with Gasteiger partial charge in [0.1, 0.15) is 6.73 Å². The van der Waals surface area contributed by atoms with Gasteiger partial charge in [0.15, 0.2) is 0 Å². The summed E-state index contributed by atoms with van der Waals surface area (Å²) in [4.78, 5) is 12.3. The van der Waals surface area contributed by atoms with Crippen molar-refractivity contribution in [1.82, 2.24) is 4.57 Å². The molecule has 3 nitrogen and oxygen atoms in total. The van der Waals surface area contributed by atoms with E-state index in [1.54, 1.807) is 4.57 Å². The molecule has 0 atom stereocenters.